The molecule has 0 saturated heterocycles. The van der Waals surface area contributed by atoms with Crippen molar-refractivity contribution in [1.82, 2.24) is 0 Å². The summed E-state index contributed by atoms with van der Waals surface area (Å²) in [6.07, 6.45) is -0.764. The first-order valence-electron chi connectivity index (χ1n) is 6.76. The number of fused-ring (bicyclic) bond motifs is 1. The number of hydrogen-bond donors (Lipinski definition) is 2. The summed E-state index contributed by atoms with van der Waals surface area (Å²) in [5, 5.41) is 7.57. The first-order valence-corrected chi connectivity index (χ1v) is 7.90. The second-order valence-electron chi connectivity index (χ2n) is 5.18. The largest absolute Gasteiger partial charge is 0.461 e. The molecule has 1 atom stereocenters. The summed E-state index contributed by atoms with van der Waals surface area (Å²) in [5.41, 5.74) is 2.54. The normalized spacial score (nSPS) is 18.7. The molecule has 0 fully saturated rings. The van der Waals surface area contributed by atoms with Crippen LogP contribution in [0.2, 0.25) is 15.1 Å². The molecule has 1 unspecified atom stereocenters. The van der Waals surface area contributed by atoms with Gasteiger partial charge in [-0.3, -0.25) is 4.79 Å². The van der Waals surface area contributed by atoms with Crippen LogP contribution in [0.15, 0.2) is 48.0 Å². The van der Waals surface area contributed by atoms with Crippen molar-refractivity contribution in [2.24, 2.45) is 0 Å². The number of benzene rings is 2. The molecular formula is C16H9Cl3N2O2. The number of nitrogens with one attached hydrogen (secondary N) is 2. The van der Waals surface area contributed by atoms with Crippen LogP contribution in [-0.4, -0.2) is 5.78 Å². The van der Waals surface area contributed by atoms with E-state index in [0.29, 0.717) is 32.2 Å². The van der Waals surface area contributed by atoms with Gasteiger partial charge in [-0.15, -0.1) is 0 Å². The number of rotatable bonds is 1. The van der Waals surface area contributed by atoms with E-state index in [1.54, 1.807) is 36.4 Å². The predicted molar refractivity (Wildman–Crippen MR) is 91.0 cm³/mol. The number of hydrogen-bond acceptors (Lipinski definition) is 4. The van der Waals surface area contributed by atoms with E-state index in [1.165, 1.54) is 0 Å². The van der Waals surface area contributed by atoms with Crippen molar-refractivity contribution in [1.29, 1.82) is 0 Å². The van der Waals surface area contributed by atoms with Gasteiger partial charge in [0.15, 0.2) is 6.10 Å². The minimum absolute atomic E-state index is 0.175. The highest BCUT2D eigenvalue weighted by atomic mass is 35.5. The van der Waals surface area contributed by atoms with E-state index in [2.05, 4.69) is 10.6 Å². The fourth-order valence-electron chi connectivity index (χ4n) is 2.56. The van der Waals surface area contributed by atoms with Gasteiger partial charge in [0.1, 0.15) is 5.70 Å². The van der Waals surface area contributed by atoms with Crippen LogP contribution in [0.25, 0.3) is 0 Å². The molecule has 4 nitrogen and oxygen atoms in total. The average molecular weight is 368 g/mol. The Morgan fingerprint density at radius 2 is 1.74 bits per heavy atom. The molecule has 116 valence electrons. The van der Waals surface area contributed by atoms with Gasteiger partial charge in [0.25, 0.3) is 0 Å². The first kappa shape index (κ1) is 14.7. The Labute approximate surface area is 147 Å². The minimum Gasteiger partial charge on any atom is -0.461 e. The lowest BCUT2D eigenvalue weighted by atomic mass is 10.0. The highest BCUT2D eigenvalue weighted by Gasteiger charge is 2.39. The number of ketones is 1. The van der Waals surface area contributed by atoms with Crippen molar-refractivity contribution in [3.63, 3.8) is 0 Å². The van der Waals surface area contributed by atoms with Gasteiger partial charge in [-0.1, -0.05) is 40.9 Å². The topological polar surface area (TPSA) is 50.4 Å². The number of carbonyl (C=O) groups excluding carboxylic acids is 1. The van der Waals surface area contributed by atoms with Crippen LogP contribution in [0.1, 0.15) is 11.7 Å². The molecule has 4 rings (SSSR count). The molecule has 2 N–H and O–H groups in total. The van der Waals surface area contributed by atoms with Crippen LogP contribution in [0.5, 0.6) is 0 Å². The molecule has 0 amide bonds. The summed E-state index contributed by atoms with van der Waals surface area (Å²) in [5.74, 6) is 0.201. The Kier molecular flexibility index (Phi) is 3.41. The maximum absolute atomic E-state index is 12.6. The summed E-state index contributed by atoms with van der Waals surface area (Å²) in [6, 6.07) is 10.3. The van der Waals surface area contributed by atoms with Crippen LogP contribution in [0, 0.1) is 0 Å². The van der Waals surface area contributed by atoms with Gasteiger partial charge in [-0.25, -0.2) is 0 Å². The van der Waals surface area contributed by atoms with Gasteiger partial charge in [0.2, 0.25) is 11.7 Å². The molecule has 7 heteroatoms. The molecule has 2 aliphatic heterocycles. The van der Waals surface area contributed by atoms with Crippen LogP contribution in [0.4, 0.5) is 11.4 Å². The summed E-state index contributed by atoms with van der Waals surface area (Å²) < 4.78 is 5.77. The second kappa shape index (κ2) is 5.34. The van der Waals surface area contributed by atoms with Crippen LogP contribution >= 0.6 is 34.8 Å². The standard InChI is InChI=1S/C16H9Cl3N2O2/c17-8-2-4-11-12(6-8)21-16-13(20-11)14(22)15(23-16)7-1-3-9(18)10(19)5-7/h1-6,15,20-21H. The molecule has 2 aliphatic rings. The van der Waals surface area contributed by atoms with Crippen molar-refractivity contribution in [2.75, 3.05) is 10.6 Å². The van der Waals surface area contributed by atoms with E-state index >= 15 is 0 Å². The van der Waals surface area contributed by atoms with E-state index in [4.69, 9.17) is 39.5 Å². The van der Waals surface area contributed by atoms with Crippen molar-refractivity contribution >= 4 is 52.0 Å². The summed E-state index contributed by atoms with van der Waals surface area (Å²) in [4.78, 5) is 12.6. The van der Waals surface area contributed by atoms with Crippen molar-refractivity contribution < 1.29 is 9.53 Å². The molecule has 2 aromatic carbocycles. The number of halogens is 3. The van der Waals surface area contributed by atoms with E-state index in [9.17, 15) is 4.79 Å². The average Bonchev–Trinajstić information content (AvgIpc) is 2.84. The fourth-order valence-corrected chi connectivity index (χ4v) is 3.04. The molecule has 0 spiro atoms. The summed E-state index contributed by atoms with van der Waals surface area (Å²) in [7, 11) is 0. The molecule has 2 heterocycles. The number of Topliss-reactive ketones (excluding diaryl/α,β-unsaturated/α-hetero) is 1. The van der Waals surface area contributed by atoms with E-state index in [1.807, 2.05) is 0 Å². The number of anilines is 2. The number of ether oxygens (including phenoxy) is 1. The quantitative estimate of drug-likeness (QED) is 0.745. The third kappa shape index (κ3) is 2.43. The number of carbonyl (C=O) groups is 1. The highest BCUT2D eigenvalue weighted by molar-refractivity contribution is 6.42. The zero-order chi connectivity index (χ0) is 16.1. The predicted octanol–water partition coefficient (Wildman–Crippen LogP) is 4.99. The van der Waals surface area contributed by atoms with Gasteiger partial charge in [0.05, 0.1) is 21.4 Å². The highest BCUT2D eigenvalue weighted by Crippen LogP contribution is 2.41. The van der Waals surface area contributed by atoms with Gasteiger partial charge in [-0.2, -0.15) is 0 Å². The molecule has 0 bridgehead atoms. The fraction of sp³-hybridized carbons (Fsp3) is 0.0625. The van der Waals surface area contributed by atoms with Crippen molar-refractivity contribution in [2.45, 2.75) is 6.10 Å². The zero-order valence-corrected chi connectivity index (χ0v) is 13.8. The Morgan fingerprint density at radius 3 is 2.52 bits per heavy atom. The summed E-state index contributed by atoms with van der Waals surface area (Å²) >= 11 is 17.9. The SMILES string of the molecule is O=C1C2=C(Nc3cc(Cl)ccc3N2)OC1c1ccc(Cl)c(Cl)c1. The lowest BCUT2D eigenvalue weighted by Crippen LogP contribution is -2.18. The zero-order valence-electron chi connectivity index (χ0n) is 11.5. The minimum atomic E-state index is -0.764. The van der Waals surface area contributed by atoms with E-state index < -0.39 is 6.10 Å². The van der Waals surface area contributed by atoms with Gasteiger partial charge >= 0.3 is 0 Å². The lowest BCUT2D eigenvalue weighted by molar-refractivity contribution is -0.121. The Hall–Kier alpha value is -1.88. The summed E-state index contributed by atoms with van der Waals surface area (Å²) in [6.45, 7) is 0. The lowest BCUT2D eigenvalue weighted by Gasteiger charge is -2.20. The Bertz CT molecular complexity index is 880. The maximum atomic E-state index is 12.6. The maximum Gasteiger partial charge on any atom is 0.229 e. The van der Waals surface area contributed by atoms with Crippen LogP contribution in [-0.2, 0) is 9.53 Å². The van der Waals surface area contributed by atoms with Gasteiger partial charge in [0, 0.05) is 10.6 Å². The first-order chi connectivity index (χ1) is 11.0. The molecule has 0 aromatic heterocycles. The third-order valence-corrected chi connectivity index (χ3v) is 4.66. The van der Waals surface area contributed by atoms with Crippen molar-refractivity contribution in [3.05, 3.63) is 68.6 Å². The second-order valence-corrected chi connectivity index (χ2v) is 6.43. The Balaban J connectivity index is 1.66. The Morgan fingerprint density at radius 1 is 0.913 bits per heavy atom. The van der Waals surface area contributed by atoms with Gasteiger partial charge in [-0.05, 0) is 30.3 Å². The van der Waals surface area contributed by atoms with E-state index in [0.717, 1.165) is 11.4 Å². The van der Waals surface area contributed by atoms with Crippen molar-refractivity contribution in [3.8, 4) is 0 Å². The monoisotopic (exact) mass is 366 g/mol. The molecular weight excluding hydrogens is 359 g/mol. The molecule has 0 saturated carbocycles. The molecule has 23 heavy (non-hydrogen) atoms. The van der Waals surface area contributed by atoms with E-state index in [-0.39, 0.29) is 5.78 Å². The van der Waals surface area contributed by atoms with Crippen LogP contribution in [0.3, 0.4) is 0 Å². The smallest absolute Gasteiger partial charge is 0.229 e. The molecule has 0 aliphatic carbocycles. The third-order valence-electron chi connectivity index (χ3n) is 3.68. The van der Waals surface area contributed by atoms with Gasteiger partial charge < -0.3 is 15.4 Å². The van der Waals surface area contributed by atoms with Crippen LogP contribution < -0.4 is 10.6 Å². The molecule has 0 radical (unpaired) electrons. The molecule has 2 aromatic rings.